The molecule has 0 aromatic carbocycles. The van der Waals surface area contributed by atoms with E-state index in [1.54, 1.807) is 17.5 Å². The maximum atomic E-state index is 11.7. The highest BCUT2D eigenvalue weighted by Crippen LogP contribution is 2.33. The third-order valence-corrected chi connectivity index (χ3v) is 3.63. The number of Topliss-reactive ketones (excluding diaryl/α,β-unsaturated/α-hetero) is 1. The van der Waals surface area contributed by atoms with Gasteiger partial charge in [-0.1, -0.05) is 12.8 Å². The van der Waals surface area contributed by atoms with Crippen LogP contribution in [-0.2, 0) is 11.2 Å². The highest BCUT2D eigenvalue weighted by molar-refractivity contribution is 7.11. The van der Waals surface area contributed by atoms with Gasteiger partial charge in [0.15, 0.2) is 5.78 Å². The Morgan fingerprint density at radius 3 is 3.00 bits per heavy atom. The molecule has 15 heavy (non-hydrogen) atoms. The molecule has 0 saturated heterocycles. The van der Waals surface area contributed by atoms with E-state index in [4.69, 9.17) is 5.73 Å². The van der Waals surface area contributed by atoms with Crippen LogP contribution < -0.4 is 5.73 Å². The van der Waals surface area contributed by atoms with E-state index in [-0.39, 0.29) is 11.8 Å². The fraction of sp³-hybridized carbons (Fsp3) is 0.636. The van der Waals surface area contributed by atoms with Gasteiger partial charge in [0.2, 0.25) is 0 Å². The number of hydrogen-bond donors (Lipinski definition) is 1. The van der Waals surface area contributed by atoms with Crippen LogP contribution in [0.25, 0.3) is 0 Å². The summed E-state index contributed by atoms with van der Waals surface area (Å²) >= 11 is 1.58. The molecule has 1 aliphatic carbocycles. The monoisotopic (exact) mass is 224 g/mol. The van der Waals surface area contributed by atoms with Crippen molar-refractivity contribution in [3.63, 3.8) is 0 Å². The molecule has 3 nitrogen and oxygen atoms in total. The second-order valence-corrected chi connectivity index (χ2v) is 5.59. The molecule has 1 atom stereocenters. The van der Waals surface area contributed by atoms with E-state index in [1.807, 2.05) is 6.92 Å². The number of aryl methyl sites for hydroxylation is 1. The van der Waals surface area contributed by atoms with Gasteiger partial charge in [0.1, 0.15) is 0 Å². The Kier molecular flexibility index (Phi) is 3.17. The first kappa shape index (κ1) is 10.8. The lowest BCUT2D eigenvalue weighted by Gasteiger charge is -2.08. The van der Waals surface area contributed by atoms with Crippen molar-refractivity contribution >= 4 is 17.1 Å². The molecule has 4 heteroatoms. The molecular formula is C11H16N2OS. The zero-order chi connectivity index (χ0) is 10.8. The molecular weight excluding hydrogens is 208 g/mol. The van der Waals surface area contributed by atoms with Crippen molar-refractivity contribution in [3.8, 4) is 0 Å². The van der Waals surface area contributed by atoms with E-state index in [1.165, 1.54) is 12.8 Å². The van der Waals surface area contributed by atoms with Gasteiger partial charge in [0.25, 0.3) is 0 Å². The van der Waals surface area contributed by atoms with Gasteiger partial charge in [-0.3, -0.25) is 4.79 Å². The number of aromatic nitrogens is 1. The summed E-state index contributed by atoms with van der Waals surface area (Å²) in [6, 6.07) is -0.264. The Morgan fingerprint density at radius 1 is 1.73 bits per heavy atom. The zero-order valence-electron chi connectivity index (χ0n) is 8.90. The molecule has 0 spiro atoms. The molecule has 2 rings (SSSR count). The number of nitrogens with zero attached hydrogens (tertiary/aromatic N) is 1. The van der Waals surface area contributed by atoms with Gasteiger partial charge in [-0.2, -0.15) is 0 Å². The summed E-state index contributed by atoms with van der Waals surface area (Å²) in [7, 11) is 0. The van der Waals surface area contributed by atoms with Crippen LogP contribution in [0.1, 0.15) is 29.1 Å². The molecule has 1 aliphatic rings. The van der Waals surface area contributed by atoms with Crippen molar-refractivity contribution in [2.24, 2.45) is 11.7 Å². The van der Waals surface area contributed by atoms with E-state index in [9.17, 15) is 4.79 Å². The van der Waals surface area contributed by atoms with Crippen molar-refractivity contribution in [2.45, 2.75) is 38.6 Å². The first-order valence-corrected chi connectivity index (χ1v) is 6.16. The second kappa shape index (κ2) is 4.41. The third kappa shape index (κ3) is 3.11. The minimum Gasteiger partial charge on any atom is -0.321 e. The molecule has 0 amide bonds. The molecule has 1 aromatic heterocycles. The molecule has 1 fully saturated rings. The van der Waals surface area contributed by atoms with Gasteiger partial charge in [-0.15, -0.1) is 11.3 Å². The maximum absolute atomic E-state index is 11.7. The average molecular weight is 224 g/mol. The van der Waals surface area contributed by atoms with Crippen LogP contribution in [0.15, 0.2) is 6.20 Å². The van der Waals surface area contributed by atoms with Crippen molar-refractivity contribution in [1.82, 2.24) is 4.98 Å². The lowest BCUT2D eigenvalue weighted by atomic mass is 10.0. The van der Waals surface area contributed by atoms with Gasteiger partial charge in [0, 0.05) is 17.5 Å². The van der Waals surface area contributed by atoms with Gasteiger partial charge in [-0.05, 0) is 19.3 Å². The number of carbonyl (C=O) groups excluding carboxylic acids is 1. The number of hydrogen-bond acceptors (Lipinski definition) is 4. The Balaban J connectivity index is 1.85. The number of carbonyl (C=O) groups is 1. The quantitative estimate of drug-likeness (QED) is 0.828. The minimum absolute atomic E-state index is 0.158. The summed E-state index contributed by atoms with van der Waals surface area (Å²) in [4.78, 5) is 16.9. The lowest BCUT2D eigenvalue weighted by Crippen LogP contribution is -2.32. The standard InChI is InChI=1S/C11H16N2OS/c1-7-13-6-9(15-7)5-11(14)10(12)4-8-2-3-8/h6,8,10H,2-5,12H2,1H3. The predicted molar refractivity (Wildman–Crippen MR) is 60.9 cm³/mol. The average Bonchev–Trinajstić information content (AvgIpc) is 2.90. The first-order chi connectivity index (χ1) is 7.15. The third-order valence-electron chi connectivity index (χ3n) is 2.72. The predicted octanol–water partition coefficient (Wildman–Crippen LogP) is 1.69. The van der Waals surface area contributed by atoms with Crippen molar-refractivity contribution < 1.29 is 4.79 Å². The molecule has 1 unspecified atom stereocenters. The van der Waals surface area contributed by atoms with Gasteiger partial charge < -0.3 is 5.73 Å². The summed E-state index contributed by atoms with van der Waals surface area (Å²) in [5.74, 6) is 0.873. The van der Waals surface area contributed by atoms with Crippen LogP contribution in [-0.4, -0.2) is 16.8 Å². The molecule has 0 radical (unpaired) electrons. The Labute approximate surface area is 93.7 Å². The fourth-order valence-electron chi connectivity index (χ4n) is 1.63. The van der Waals surface area contributed by atoms with Gasteiger partial charge in [0.05, 0.1) is 11.0 Å². The summed E-state index contributed by atoms with van der Waals surface area (Å²) in [5, 5.41) is 1.01. The van der Waals surface area contributed by atoms with Crippen LogP contribution >= 0.6 is 11.3 Å². The molecule has 82 valence electrons. The topological polar surface area (TPSA) is 56.0 Å². The summed E-state index contributed by atoms with van der Waals surface area (Å²) < 4.78 is 0. The zero-order valence-corrected chi connectivity index (χ0v) is 9.72. The second-order valence-electron chi connectivity index (χ2n) is 4.27. The fourth-order valence-corrected chi connectivity index (χ4v) is 2.44. The molecule has 2 N–H and O–H groups in total. The molecule has 0 aliphatic heterocycles. The normalized spacial score (nSPS) is 17.7. The number of rotatable bonds is 5. The first-order valence-electron chi connectivity index (χ1n) is 5.34. The van der Waals surface area contributed by atoms with Gasteiger partial charge >= 0.3 is 0 Å². The van der Waals surface area contributed by atoms with E-state index in [0.29, 0.717) is 12.3 Å². The van der Waals surface area contributed by atoms with Crippen LogP contribution in [0.2, 0.25) is 0 Å². The van der Waals surface area contributed by atoms with Crippen LogP contribution in [0.3, 0.4) is 0 Å². The van der Waals surface area contributed by atoms with Gasteiger partial charge in [-0.25, -0.2) is 4.98 Å². The number of thiazole rings is 1. The van der Waals surface area contributed by atoms with Crippen molar-refractivity contribution in [1.29, 1.82) is 0 Å². The maximum Gasteiger partial charge on any atom is 0.154 e. The smallest absolute Gasteiger partial charge is 0.154 e. The lowest BCUT2D eigenvalue weighted by molar-refractivity contribution is -0.119. The SMILES string of the molecule is Cc1ncc(CC(=O)C(N)CC2CC2)s1. The molecule has 1 saturated carbocycles. The molecule has 1 aromatic rings. The summed E-state index contributed by atoms with van der Waals surface area (Å²) in [6.07, 6.45) is 5.61. The van der Waals surface area contributed by atoms with Crippen LogP contribution in [0.5, 0.6) is 0 Å². The van der Waals surface area contributed by atoms with Crippen LogP contribution in [0.4, 0.5) is 0 Å². The van der Waals surface area contributed by atoms with E-state index in [0.717, 1.165) is 16.3 Å². The van der Waals surface area contributed by atoms with E-state index in [2.05, 4.69) is 4.98 Å². The van der Waals surface area contributed by atoms with E-state index < -0.39 is 0 Å². The Bertz CT molecular complexity index is 357. The van der Waals surface area contributed by atoms with Crippen molar-refractivity contribution in [2.75, 3.05) is 0 Å². The summed E-state index contributed by atoms with van der Waals surface area (Å²) in [6.45, 7) is 1.95. The highest BCUT2D eigenvalue weighted by atomic mass is 32.1. The molecule has 0 bridgehead atoms. The van der Waals surface area contributed by atoms with Crippen molar-refractivity contribution in [3.05, 3.63) is 16.1 Å². The Morgan fingerprint density at radius 2 is 2.47 bits per heavy atom. The van der Waals surface area contributed by atoms with E-state index >= 15 is 0 Å². The number of nitrogens with two attached hydrogens (primary N) is 1. The minimum atomic E-state index is -0.264. The number of ketones is 1. The van der Waals surface area contributed by atoms with Crippen LogP contribution in [0, 0.1) is 12.8 Å². The Hall–Kier alpha value is -0.740. The molecule has 1 heterocycles. The highest BCUT2D eigenvalue weighted by Gasteiger charge is 2.27. The summed E-state index contributed by atoms with van der Waals surface area (Å²) in [5.41, 5.74) is 5.85. The largest absolute Gasteiger partial charge is 0.321 e.